The van der Waals surface area contributed by atoms with Gasteiger partial charge in [0, 0.05) is 18.7 Å². The number of phenolic OH excluding ortho intramolecular Hbond substituents is 1. The Balaban J connectivity index is 1.90. The normalized spacial score (nSPS) is 23.6. The van der Waals surface area contributed by atoms with E-state index in [1.54, 1.807) is 18.2 Å². The molecule has 1 aliphatic heterocycles. The van der Waals surface area contributed by atoms with Crippen molar-refractivity contribution in [3.05, 3.63) is 29.8 Å². The van der Waals surface area contributed by atoms with Crippen molar-refractivity contribution in [3.63, 3.8) is 0 Å². The van der Waals surface area contributed by atoms with Gasteiger partial charge in [0.15, 0.2) is 0 Å². The number of benzene rings is 1. The molecule has 2 atom stereocenters. The van der Waals surface area contributed by atoms with E-state index in [-0.39, 0.29) is 23.7 Å². The van der Waals surface area contributed by atoms with Crippen molar-refractivity contribution in [1.82, 2.24) is 5.32 Å². The second-order valence-corrected chi connectivity index (χ2v) is 4.32. The molecule has 0 bridgehead atoms. The van der Waals surface area contributed by atoms with E-state index in [1.165, 1.54) is 0 Å². The number of phenols is 1. The first-order chi connectivity index (χ1) is 8.18. The van der Waals surface area contributed by atoms with E-state index in [0.717, 1.165) is 12.0 Å². The van der Waals surface area contributed by atoms with E-state index in [4.69, 9.17) is 4.74 Å². The highest BCUT2D eigenvalue weighted by molar-refractivity contribution is 5.79. The van der Waals surface area contributed by atoms with Crippen LogP contribution in [0, 0.1) is 5.92 Å². The lowest BCUT2D eigenvalue weighted by Gasteiger charge is -2.14. The van der Waals surface area contributed by atoms with Crippen LogP contribution in [0.1, 0.15) is 18.9 Å². The first kappa shape index (κ1) is 11.9. The molecule has 1 saturated heterocycles. The molecule has 0 spiro atoms. The highest BCUT2D eigenvalue weighted by Crippen LogP contribution is 2.21. The summed E-state index contributed by atoms with van der Waals surface area (Å²) in [6.45, 7) is 2.92. The molecule has 4 heteroatoms. The summed E-state index contributed by atoms with van der Waals surface area (Å²) in [6, 6.07) is 7.00. The Hall–Kier alpha value is -1.55. The molecule has 1 heterocycles. The van der Waals surface area contributed by atoms with Crippen LogP contribution in [0.5, 0.6) is 5.75 Å². The third-order valence-electron chi connectivity index (χ3n) is 3.16. The molecule has 2 unspecified atom stereocenters. The lowest BCUT2D eigenvalue weighted by molar-refractivity contribution is -0.126. The summed E-state index contributed by atoms with van der Waals surface area (Å²) < 4.78 is 5.35. The molecule has 1 aliphatic rings. The van der Waals surface area contributed by atoms with Crippen LogP contribution in [0.3, 0.4) is 0 Å². The van der Waals surface area contributed by atoms with Gasteiger partial charge in [-0.05, 0) is 19.4 Å². The molecule has 0 aliphatic carbocycles. The summed E-state index contributed by atoms with van der Waals surface area (Å²) in [5.41, 5.74) is 0.729. The quantitative estimate of drug-likeness (QED) is 0.833. The fraction of sp³-hybridized carbons (Fsp3) is 0.462. The average Bonchev–Trinajstić information content (AvgIpc) is 2.74. The van der Waals surface area contributed by atoms with Crippen molar-refractivity contribution in [2.75, 3.05) is 6.61 Å². The first-order valence-electron chi connectivity index (χ1n) is 5.84. The maximum Gasteiger partial charge on any atom is 0.226 e. The standard InChI is InChI=1S/C13H17NO3/c1-9-11(6-7-17-9)13(16)14-8-10-4-2-3-5-12(10)15/h2-5,9,11,15H,6-8H2,1H3,(H,14,16). The van der Waals surface area contributed by atoms with Crippen molar-refractivity contribution < 1.29 is 14.6 Å². The van der Waals surface area contributed by atoms with Crippen molar-refractivity contribution in [2.45, 2.75) is 26.0 Å². The zero-order valence-corrected chi connectivity index (χ0v) is 9.85. The molecular weight excluding hydrogens is 218 g/mol. The van der Waals surface area contributed by atoms with Crippen LogP contribution < -0.4 is 5.32 Å². The third kappa shape index (κ3) is 2.77. The van der Waals surface area contributed by atoms with Gasteiger partial charge in [0.2, 0.25) is 5.91 Å². The third-order valence-corrected chi connectivity index (χ3v) is 3.16. The van der Waals surface area contributed by atoms with E-state index < -0.39 is 0 Å². The van der Waals surface area contributed by atoms with Gasteiger partial charge in [0.1, 0.15) is 5.75 Å². The molecule has 2 N–H and O–H groups in total. The van der Waals surface area contributed by atoms with Crippen molar-refractivity contribution >= 4 is 5.91 Å². The first-order valence-corrected chi connectivity index (χ1v) is 5.84. The zero-order valence-electron chi connectivity index (χ0n) is 9.85. The van der Waals surface area contributed by atoms with Gasteiger partial charge < -0.3 is 15.2 Å². The second kappa shape index (κ2) is 5.19. The molecule has 0 aromatic heterocycles. The lowest BCUT2D eigenvalue weighted by Crippen LogP contribution is -2.33. The molecule has 4 nitrogen and oxygen atoms in total. The number of hydrogen-bond donors (Lipinski definition) is 2. The van der Waals surface area contributed by atoms with Gasteiger partial charge >= 0.3 is 0 Å². The van der Waals surface area contributed by atoms with Crippen molar-refractivity contribution in [2.24, 2.45) is 5.92 Å². The minimum absolute atomic E-state index is 0.00162. The van der Waals surface area contributed by atoms with Crippen LogP contribution in [-0.2, 0) is 16.1 Å². The molecule has 17 heavy (non-hydrogen) atoms. The summed E-state index contributed by atoms with van der Waals surface area (Å²) in [7, 11) is 0. The number of ether oxygens (including phenoxy) is 1. The van der Waals surface area contributed by atoms with Crippen LogP contribution >= 0.6 is 0 Å². The molecule has 1 aromatic rings. The van der Waals surface area contributed by atoms with Gasteiger partial charge in [-0.2, -0.15) is 0 Å². The van der Waals surface area contributed by atoms with Crippen LogP contribution in [0.25, 0.3) is 0 Å². The Morgan fingerprint density at radius 2 is 2.29 bits per heavy atom. The number of para-hydroxylation sites is 1. The van der Waals surface area contributed by atoms with Gasteiger partial charge in [0.25, 0.3) is 0 Å². The molecule has 0 radical (unpaired) electrons. The summed E-state index contributed by atoms with van der Waals surface area (Å²) in [4.78, 5) is 11.9. The number of aromatic hydroxyl groups is 1. The Morgan fingerprint density at radius 3 is 2.94 bits per heavy atom. The number of carbonyl (C=O) groups is 1. The summed E-state index contributed by atoms with van der Waals surface area (Å²) >= 11 is 0. The zero-order chi connectivity index (χ0) is 12.3. The van der Waals surface area contributed by atoms with Gasteiger partial charge in [-0.25, -0.2) is 0 Å². The Kier molecular flexibility index (Phi) is 3.64. The smallest absolute Gasteiger partial charge is 0.226 e. The van der Waals surface area contributed by atoms with Gasteiger partial charge in [-0.3, -0.25) is 4.79 Å². The topological polar surface area (TPSA) is 58.6 Å². The second-order valence-electron chi connectivity index (χ2n) is 4.32. The summed E-state index contributed by atoms with van der Waals surface area (Å²) in [5, 5.41) is 12.4. The summed E-state index contributed by atoms with van der Waals surface area (Å²) in [6.07, 6.45) is 0.757. The molecule has 2 rings (SSSR count). The van der Waals surface area contributed by atoms with Crippen LogP contribution in [0.4, 0.5) is 0 Å². The Bertz CT molecular complexity index is 405. The fourth-order valence-electron chi connectivity index (χ4n) is 2.05. The van der Waals surface area contributed by atoms with E-state index in [2.05, 4.69) is 5.32 Å². The number of hydrogen-bond acceptors (Lipinski definition) is 3. The van der Waals surface area contributed by atoms with E-state index in [0.29, 0.717) is 13.2 Å². The largest absolute Gasteiger partial charge is 0.508 e. The summed E-state index contributed by atoms with van der Waals surface area (Å²) in [5.74, 6) is 0.141. The minimum Gasteiger partial charge on any atom is -0.508 e. The molecule has 92 valence electrons. The SMILES string of the molecule is CC1OCCC1C(=O)NCc1ccccc1O. The monoisotopic (exact) mass is 235 g/mol. The Labute approximate surface area is 101 Å². The number of nitrogens with one attached hydrogen (secondary N) is 1. The highest BCUT2D eigenvalue weighted by Gasteiger charge is 2.30. The highest BCUT2D eigenvalue weighted by atomic mass is 16.5. The Morgan fingerprint density at radius 1 is 1.53 bits per heavy atom. The van der Waals surface area contributed by atoms with Crippen LogP contribution in [-0.4, -0.2) is 23.7 Å². The molecule has 1 fully saturated rings. The van der Waals surface area contributed by atoms with Gasteiger partial charge in [-0.15, -0.1) is 0 Å². The number of amides is 1. The van der Waals surface area contributed by atoms with E-state index in [1.807, 2.05) is 13.0 Å². The van der Waals surface area contributed by atoms with Gasteiger partial charge in [0.05, 0.1) is 12.0 Å². The predicted molar refractivity (Wildman–Crippen MR) is 63.5 cm³/mol. The average molecular weight is 235 g/mol. The minimum atomic E-state index is -0.0687. The van der Waals surface area contributed by atoms with E-state index >= 15 is 0 Å². The fourth-order valence-corrected chi connectivity index (χ4v) is 2.05. The van der Waals surface area contributed by atoms with Crippen molar-refractivity contribution in [3.8, 4) is 5.75 Å². The molecule has 0 saturated carbocycles. The molecular formula is C13H17NO3. The maximum absolute atomic E-state index is 11.9. The number of carbonyl (C=O) groups excluding carboxylic acids is 1. The molecule has 1 amide bonds. The predicted octanol–water partition coefficient (Wildman–Crippen LogP) is 1.43. The van der Waals surface area contributed by atoms with E-state index in [9.17, 15) is 9.90 Å². The van der Waals surface area contributed by atoms with Gasteiger partial charge in [-0.1, -0.05) is 18.2 Å². The maximum atomic E-state index is 11.9. The number of rotatable bonds is 3. The van der Waals surface area contributed by atoms with Crippen LogP contribution in [0.2, 0.25) is 0 Å². The lowest BCUT2D eigenvalue weighted by atomic mass is 10.0. The molecule has 1 aromatic carbocycles. The van der Waals surface area contributed by atoms with Crippen molar-refractivity contribution in [1.29, 1.82) is 0 Å². The van der Waals surface area contributed by atoms with Crippen LogP contribution in [0.15, 0.2) is 24.3 Å².